The van der Waals surface area contributed by atoms with Gasteiger partial charge >= 0.3 is 0 Å². The molecular formula is C11H14FN3O2S. The van der Waals surface area contributed by atoms with Gasteiger partial charge in [-0.15, -0.1) is 0 Å². The summed E-state index contributed by atoms with van der Waals surface area (Å²) in [7, 11) is -3.78. The molecule has 1 aliphatic heterocycles. The van der Waals surface area contributed by atoms with Gasteiger partial charge < -0.3 is 5.73 Å². The molecule has 7 heteroatoms. The molecule has 0 bridgehead atoms. The Hall–Kier alpha value is -1.47. The number of hydrogen-bond acceptors (Lipinski definition) is 3. The number of hydrogen-bond donors (Lipinski definition) is 2. The molecule has 3 N–H and O–H groups in total. The van der Waals surface area contributed by atoms with Crippen molar-refractivity contribution in [1.29, 1.82) is 5.41 Å². The highest BCUT2D eigenvalue weighted by molar-refractivity contribution is 7.89. The van der Waals surface area contributed by atoms with E-state index in [-0.39, 0.29) is 10.7 Å². The lowest BCUT2D eigenvalue weighted by molar-refractivity contribution is 0.442. The Labute approximate surface area is 105 Å². The van der Waals surface area contributed by atoms with Gasteiger partial charge in [-0.2, -0.15) is 4.31 Å². The van der Waals surface area contributed by atoms with Crippen molar-refractivity contribution in [1.82, 2.24) is 4.31 Å². The van der Waals surface area contributed by atoms with Crippen LogP contribution in [-0.2, 0) is 10.0 Å². The minimum absolute atomic E-state index is 0.101. The Balaban J connectivity index is 2.40. The third kappa shape index (κ3) is 2.23. The van der Waals surface area contributed by atoms with Crippen LogP contribution in [0.5, 0.6) is 0 Å². The lowest BCUT2D eigenvalue weighted by atomic mass is 10.2. The van der Waals surface area contributed by atoms with Crippen molar-refractivity contribution in [2.75, 3.05) is 6.54 Å². The standard InChI is InChI=1S/C11H14FN3O2S/c12-8-3-1-4-9(7-8)18(16,17)15-6-2-5-10(15)11(13)14/h1,3-4,7,10H,2,5-6H2,(H3,13,14). The third-order valence-electron chi connectivity index (χ3n) is 2.97. The second-order valence-corrected chi connectivity index (χ2v) is 6.08. The summed E-state index contributed by atoms with van der Waals surface area (Å²) < 4.78 is 38.9. The number of halogens is 1. The quantitative estimate of drug-likeness (QED) is 0.633. The average molecular weight is 271 g/mol. The molecule has 1 aromatic rings. The first-order valence-electron chi connectivity index (χ1n) is 5.54. The van der Waals surface area contributed by atoms with Crippen LogP contribution in [0.2, 0.25) is 0 Å². The van der Waals surface area contributed by atoms with E-state index < -0.39 is 21.9 Å². The summed E-state index contributed by atoms with van der Waals surface area (Å²) >= 11 is 0. The molecule has 1 saturated heterocycles. The molecule has 1 aliphatic rings. The largest absolute Gasteiger partial charge is 0.386 e. The number of amidine groups is 1. The van der Waals surface area contributed by atoms with Crippen molar-refractivity contribution in [2.24, 2.45) is 5.73 Å². The van der Waals surface area contributed by atoms with E-state index in [1.165, 1.54) is 22.5 Å². The van der Waals surface area contributed by atoms with E-state index in [9.17, 15) is 12.8 Å². The number of nitrogens with two attached hydrogens (primary N) is 1. The van der Waals surface area contributed by atoms with Crippen LogP contribution in [0, 0.1) is 11.2 Å². The smallest absolute Gasteiger partial charge is 0.243 e. The van der Waals surface area contributed by atoms with Gasteiger partial charge in [0.15, 0.2) is 0 Å². The minimum atomic E-state index is -3.78. The summed E-state index contributed by atoms with van der Waals surface area (Å²) in [5.74, 6) is -0.776. The van der Waals surface area contributed by atoms with Gasteiger partial charge in [0.2, 0.25) is 10.0 Å². The van der Waals surface area contributed by atoms with Crippen LogP contribution in [-0.4, -0.2) is 31.1 Å². The van der Waals surface area contributed by atoms with Crippen LogP contribution in [0.25, 0.3) is 0 Å². The monoisotopic (exact) mass is 271 g/mol. The number of nitrogens with zero attached hydrogens (tertiary/aromatic N) is 1. The van der Waals surface area contributed by atoms with E-state index in [1.807, 2.05) is 0 Å². The molecule has 0 spiro atoms. The molecule has 1 unspecified atom stereocenters. The van der Waals surface area contributed by atoms with Gasteiger partial charge in [-0.3, -0.25) is 5.41 Å². The van der Waals surface area contributed by atoms with Crippen molar-refractivity contribution >= 4 is 15.9 Å². The second kappa shape index (κ2) is 4.66. The van der Waals surface area contributed by atoms with Crippen molar-refractivity contribution in [3.8, 4) is 0 Å². The molecule has 1 atom stereocenters. The molecule has 1 heterocycles. The first kappa shape index (κ1) is 13.0. The Morgan fingerprint density at radius 1 is 1.50 bits per heavy atom. The van der Waals surface area contributed by atoms with Crippen LogP contribution >= 0.6 is 0 Å². The summed E-state index contributed by atoms with van der Waals surface area (Å²) in [4.78, 5) is -0.101. The van der Waals surface area contributed by atoms with Gasteiger partial charge in [0.05, 0.1) is 10.9 Å². The first-order valence-corrected chi connectivity index (χ1v) is 6.98. The molecule has 2 rings (SSSR count). The maximum atomic E-state index is 13.1. The molecule has 0 saturated carbocycles. The molecule has 1 fully saturated rings. The molecule has 98 valence electrons. The van der Waals surface area contributed by atoms with Gasteiger partial charge in [-0.25, -0.2) is 12.8 Å². The molecule has 0 radical (unpaired) electrons. The van der Waals surface area contributed by atoms with E-state index in [0.29, 0.717) is 19.4 Å². The fourth-order valence-electron chi connectivity index (χ4n) is 2.10. The van der Waals surface area contributed by atoms with E-state index >= 15 is 0 Å². The number of benzene rings is 1. The van der Waals surface area contributed by atoms with E-state index in [0.717, 1.165) is 6.07 Å². The van der Waals surface area contributed by atoms with Gasteiger partial charge in [0.1, 0.15) is 11.7 Å². The zero-order chi connectivity index (χ0) is 13.3. The molecule has 1 aromatic carbocycles. The van der Waals surface area contributed by atoms with Crippen molar-refractivity contribution < 1.29 is 12.8 Å². The van der Waals surface area contributed by atoms with Crippen LogP contribution in [0.3, 0.4) is 0 Å². The number of nitrogens with one attached hydrogen (secondary N) is 1. The summed E-state index contributed by atoms with van der Waals surface area (Å²) in [6.45, 7) is 0.309. The van der Waals surface area contributed by atoms with Gasteiger partial charge in [-0.05, 0) is 31.0 Å². The zero-order valence-corrected chi connectivity index (χ0v) is 10.5. The van der Waals surface area contributed by atoms with E-state index in [4.69, 9.17) is 11.1 Å². The lowest BCUT2D eigenvalue weighted by Gasteiger charge is -2.22. The second-order valence-electron chi connectivity index (χ2n) is 4.19. The Morgan fingerprint density at radius 3 is 2.83 bits per heavy atom. The highest BCUT2D eigenvalue weighted by Crippen LogP contribution is 2.26. The van der Waals surface area contributed by atoms with E-state index in [2.05, 4.69) is 0 Å². The average Bonchev–Trinajstić information content (AvgIpc) is 2.78. The topological polar surface area (TPSA) is 87.2 Å². The number of rotatable bonds is 3. The maximum Gasteiger partial charge on any atom is 0.243 e. The summed E-state index contributed by atoms with van der Waals surface area (Å²) in [6, 6.07) is 4.24. The highest BCUT2D eigenvalue weighted by atomic mass is 32.2. The van der Waals surface area contributed by atoms with Crippen molar-refractivity contribution in [3.05, 3.63) is 30.1 Å². The Morgan fingerprint density at radius 2 is 2.22 bits per heavy atom. The molecule has 18 heavy (non-hydrogen) atoms. The van der Waals surface area contributed by atoms with Gasteiger partial charge in [-0.1, -0.05) is 6.07 Å². The van der Waals surface area contributed by atoms with Crippen LogP contribution in [0.4, 0.5) is 4.39 Å². The third-order valence-corrected chi connectivity index (χ3v) is 4.87. The minimum Gasteiger partial charge on any atom is -0.386 e. The molecule has 0 aromatic heterocycles. The van der Waals surface area contributed by atoms with Crippen molar-refractivity contribution in [2.45, 2.75) is 23.8 Å². The predicted molar refractivity (Wildman–Crippen MR) is 65.2 cm³/mol. The summed E-state index contributed by atoms with van der Waals surface area (Å²) in [5.41, 5.74) is 5.40. The SMILES string of the molecule is N=C(N)C1CCCN1S(=O)(=O)c1cccc(F)c1. The molecule has 0 aliphatic carbocycles. The fourth-order valence-corrected chi connectivity index (χ4v) is 3.81. The first-order chi connectivity index (χ1) is 8.43. The highest BCUT2D eigenvalue weighted by Gasteiger charge is 2.36. The van der Waals surface area contributed by atoms with Crippen LogP contribution < -0.4 is 5.73 Å². The lowest BCUT2D eigenvalue weighted by Crippen LogP contribution is -2.43. The van der Waals surface area contributed by atoms with Gasteiger partial charge in [0, 0.05) is 6.54 Å². The number of sulfonamides is 1. The molecule has 0 amide bonds. The summed E-state index contributed by atoms with van der Waals surface area (Å²) in [6.07, 6.45) is 1.18. The Bertz CT molecular complexity index is 573. The normalized spacial score (nSPS) is 21.1. The van der Waals surface area contributed by atoms with Gasteiger partial charge in [0.25, 0.3) is 0 Å². The van der Waals surface area contributed by atoms with Crippen LogP contribution in [0.1, 0.15) is 12.8 Å². The predicted octanol–water partition coefficient (Wildman–Crippen LogP) is 0.915. The summed E-state index contributed by atoms with van der Waals surface area (Å²) in [5, 5.41) is 7.40. The molecular weight excluding hydrogens is 257 g/mol. The fraction of sp³-hybridized carbons (Fsp3) is 0.364. The zero-order valence-electron chi connectivity index (χ0n) is 9.64. The van der Waals surface area contributed by atoms with E-state index in [1.54, 1.807) is 0 Å². The Kier molecular flexibility index (Phi) is 3.36. The maximum absolute atomic E-state index is 13.1. The molecule has 5 nitrogen and oxygen atoms in total. The van der Waals surface area contributed by atoms with Crippen LogP contribution in [0.15, 0.2) is 29.2 Å². The van der Waals surface area contributed by atoms with Crippen molar-refractivity contribution in [3.63, 3.8) is 0 Å².